The fraction of sp³-hybridized carbons (Fsp3) is 0.545. The van der Waals surface area contributed by atoms with Gasteiger partial charge in [-0.15, -0.1) is 23.1 Å². The lowest BCUT2D eigenvalue weighted by molar-refractivity contribution is 0.0548. The molecule has 0 bridgehead atoms. The lowest BCUT2D eigenvalue weighted by Crippen LogP contribution is -2.39. The molecule has 16 heavy (non-hydrogen) atoms. The number of aliphatic hydroxyl groups is 1. The van der Waals surface area contributed by atoms with Crippen molar-refractivity contribution in [1.29, 1.82) is 0 Å². The Labute approximate surface area is 103 Å². The van der Waals surface area contributed by atoms with E-state index in [2.05, 4.69) is 0 Å². The van der Waals surface area contributed by atoms with Crippen LogP contribution in [0.5, 0.6) is 0 Å². The van der Waals surface area contributed by atoms with Gasteiger partial charge in [-0.3, -0.25) is 4.79 Å². The van der Waals surface area contributed by atoms with Crippen molar-refractivity contribution in [2.45, 2.75) is 23.8 Å². The molecule has 0 unspecified atom stereocenters. The van der Waals surface area contributed by atoms with Crippen LogP contribution in [0.1, 0.15) is 22.5 Å². The average Bonchev–Trinajstić information content (AvgIpc) is 2.77. The fourth-order valence-electron chi connectivity index (χ4n) is 1.83. The molecule has 0 atom stereocenters. The van der Waals surface area contributed by atoms with Crippen LogP contribution >= 0.6 is 23.1 Å². The molecule has 0 spiro atoms. The van der Waals surface area contributed by atoms with Gasteiger partial charge in [0.05, 0.1) is 6.10 Å². The van der Waals surface area contributed by atoms with Gasteiger partial charge < -0.3 is 10.0 Å². The van der Waals surface area contributed by atoms with E-state index in [1.807, 2.05) is 22.6 Å². The zero-order chi connectivity index (χ0) is 11.5. The van der Waals surface area contributed by atoms with Crippen molar-refractivity contribution in [2.24, 2.45) is 0 Å². The molecule has 0 radical (unpaired) electrons. The Hall–Kier alpha value is -0.520. The molecule has 88 valence electrons. The first kappa shape index (κ1) is 12.0. The molecule has 0 saturated carbocycles. The number of piperidine rings is 1. The van der Waals surface area contributed by atoms with Crippen LogP contribution in [0.4, 0.5) is 0 Å². The molecule has 2 heterocycles. The van der Waals surface area contributed by atoms with Gasteiger partial charge in [0.25, 0.3) is 5.91 Å². The number of hydrogen-bond acceptors (Lipinski definition) is 4. The van der Waals surface area contributed by atoms with Crippen molar-refractivity contribution in [2.75, 3.05) is 19.3 Å². The van der Waals surface area contributed by atoms with E-state index in [0.717, 1.165) is 9.77 Å². The van der Waals surface area contributed by atoms with E-state index in [-0.39, 0.29) is 12.0 Å². The van der Waals surface area contributed by atoms with Gasteiger partial charge in [0, 0.05) is 18.0 Å². The molecule has 1 aliphatic rings. The summed E-state index contributed by atoms with van der Waals surface area (Å²) >= 11 is 3.11. The van der Waals surface area contributed by atoms with Crippen LogP contribution < -0.4 is 0 Å². The third kappa shape index (κ3) is 2.42. The van der Waals surface area contributed by atoms with Crippen LogP contribution in [0.15, 0.2) is 16.3 Å². The van der Waals surface area contributed by atoms with E-state index in [9.17, 15) is 9.90 Å². The third-order valence-electron chi connectivity index (χ3n) is 2.79. The summed E-state index contributed by atoms with van der Waals surface area (Å²) in [6.07, 6.45) is 3.16. The van der Waals surface area contributed by atoms with Crippen LogP contribution in [0.3, 0.4) is 0 Å². The quantitative estimate of drug-likeness (QED) is 0.825. The summed E-state index contributed by atoms with van der Waals surface area (Å²) in [7, 11) is 0. The lowest BCUT2D eigenvalue weighted by atomic mass is 10.1. The van der Waals surface area contributed by atoms with Gasteiger partial charge in [-0.1, -0.05) is 0 Å². The largest absolute Gasteiger partial charge is 0.393 e. The number of nitrogens with zero attached hydrogens (tertiary/aromatic N) is 1. The minimum atomic E-state index is -0.229. The smallest absolute Gasteiger partial charge is 0.265 e. The number of likely N-dealkylation sites (tertiary alicyclic amines) is 1. The van der Waals surface area contributed by atoms with E-state index in [4.69, 9.17) is 0 Å². The normalized spacial score (nSPS) is 17.8. The lowest BCUT2D eigenvalue weighted by Gasteiger charge is -2.29. The van der Waals surface area contributed by atoms with Gasteiger partial charge >= 0.3 is 0 Å². The summed E-state index contributed by atoms with van der Waals surface area (Å²) in [6, 6.07) is 1.99. The highest BCUT2D eigenvalue weighted by Crippen LogP contribution is 2.27. The van der Waals surface area contributed by atoms with Crippen LogP contribution in [-0.2, 0) is 0 Å². The average molecular weight is 257 g/mol. The number of thiophene rings is 1. The highest BCUT2D eigenvalue weighted by Gasteiger charge is 2.24. The van der Waals surface area contributed by atoms with Gasteiger partial charge in [0.1, 0.15) is 4.88 Å². The van der Waals surface area contributed by atoms with Crippen molar-refractivity contribution in [1.82, 2.24) is 4.90 Å². The molecule has 1 saturated heterocycles. The van der Waals surface area contributed by atoms with Crippen molar-refractivity contribution in [3.05, 3.63) is 16.3 Å². The van der Waals surface area contributed by atoms with E-state index < -0.39 is 0 Å². The summed E-state index contributed by atoms with van der Waals surface area (Å²) in [5, 5.41) is 11.4. The molecule has 1 aliphatic heterocycles. The summed E-state index contributed by atoms with van der Waals surface area (Å²) in [5.74, 6) is 0.117. The number of carbonyl (C=O) groups excluding carboxylic acids is 1. The highest BCUT2D eigenvalue weighted by atomic mass is 32.2. The Morgan fingerprint density at radius 2 is 2.25 bits per heavy atom. The van der Waals surface area contributed by atoms with Gasteiger partial charge in [0.15, 0.2) is 0 Å². The first-order valence-electron chi connectivity index (χ1n) is 5.31. The van der Waals surface area contributed by atoms with Gasteiger partial charge in [-0.05, 0) is 30.5 Å². The summed E-state index contributed by atoms with van der Waals surface area (Å²) in [6.45, 7) is 1.34. The van der Waals surface area contributed by atoms with Crippen molar-refractivity contribution < 1.29 is 9.90 Å². The monoisotopic (exact) mass is 257 g/mol. The first-order valence-corrected chi connectivity index (χ1v) is 7.41. The van der Waals surface area contributed by atoms with Crippen LogP contribution in [-0.4, -0.2) is 41.4 Å². The van der Waals surface area contributed by atoms with Crippen LogP contribution in [0, 0.1) is 0 Å². The highest BCUT2D eigenvalue weighted by molar-refractivity contribution is 7.98. The van der Waals surface area contributed by atoms with E-state index in [1.54, 1.807) is 11.8 Å². The molecule has 0 aliphatic carbocycles. The number of rotatable bonds is 2. The van der Waals surface area contributed by atoms with Crippen molar-refractivity contribution in [3.63, 3.8) is 0 Å². The molecule has 3 nitrogen and oxygen atoms in total. The molecule has 1 fully saturated rings. The molecule has 1 aromatic heterocycles. The topological polar surface area (TPSA) is 40.5 Å². The molecular weight excluding hydrogens is 242 g/mol. The zero-order valence-corrected chi connectivity index (χ0v) is 10.8. The molecule has 0 aromatic carbocycles. The third-order valence-corrected chi connectivity index (χ3v) is 4.61. The number of hydrogen-bond donors (Lipinski definition) is 1. The van der Waals surface area contributed by atoms with E-state index >= 15 is 0 Å². The second kappa shape index (κ2) is 5.21. The van der Waals surface area contributed by atoms with Crippen LogP contribution in [0.25, 0.3) is 0 Å². The summed E-state index contributed by atoms with van der Waals surface area (Å²) < 4.78 is 0. The Bertz CT molecular complexity index is 370. The maximum Gasteiger partial charge on any atom is 0.265 e. The molecule has 5 heteroatoms. The fourth-order valence-corrected chi connectivity index (χ4v) is 3.54. The maximum absolute atomic E-state index is 12.2. The van der Waals surface area contributed by atoms with Gasteiger partial charge in [-0.2, -0.15) is 0 Å². The number of carbonyl (C=O) groups is 1. The Morgan fingerprint density at radius 3 is 2.88 bits per heavy atom. The maximum atomic E-state index is 12.2. The summed E-state index contributed by atoms with van der Waals surface area (Å²) in [5.41, 5.74) is 0. The SMILES string of the molecule is CSc1ccsc1C(=O)N1CCC(O)CC1. The van der Waals surface area contributed by atoms with Crippen molar-refractivity contribution in [3.8, 4) is 0 Å². The van der Waals surface area contributed by atoms with Gasteiger partial charge in [0.2, 0.25) is 0 Å². The standard InChI is InChI=1S/C11H15NO2S2/c1-15-9-4-7-16-10(9)11(14)12-5-2-8(13)3-6-12/h4,7-8,13H,2-3,5-6H2,1H3. The predicted molar refractivity (Wildman–Crippen MR) is 67.2 cm³/mol. The second-order valence-electron chi connectivity index (χ2n) is 3.84. The number of aliphatic hydroxyl groups excluding tert-OH is 1. The summed E-state index contributed by atoms with van der Waals surface area (Å²) in [4.78, 5) is 15.9. The molecular formula is C11H15NO2S2. The molecule has 2 rings (SSSR count). The first-order chi connectivity index (χ1) is 7.72. The minimum Gasteiger partial charge on any atom is -0.393 e. The Kier molecular flexibility index (Phi) is 3.89. The van der Waals surface area contributed by atoms with E-state index in [1.165, 1.54) is 11.3 Å². The van der Waals surface area contributed by atoms with Gasteiger partial charge in [-0.25, -0.2) is 0 Å². The van der Waals surface area contributed by atoms with Crippen molar-refractivity contribution >= 4 is 29.0 Å². The van der Waals surface area contributed by atoms with E-state index in [0.29, 0.717) is 25.9 Å². The Balaban J connectivity index is 2.07. The molecule has 1 amide bonds. The Morgan fingerprint density at radius 1 is 1.56 bits per heavy atom. The minimum absolute atomic E-state index is 0.117. The van der Waals surface area contributed by atoms with Crippen LogP contribution in [0.2, 0.25) is 0 Å². The molecule has 1 N–H and O–H groups in total. The predicted octanol–water partition coefficient (Wildman–Crippen LogP) is 2.07. The molecule has 1 aromatic rings. The zero-order valence-electron chi connectivity index (χ0n) is 9.18. The number of thioether (sulfide) groups is 1. The second-order valence-corrected chi connectivity index (χ2v) is 5.61. The number of amides is 1.